The SMILES string of the molecule is CNCCOc1cc2c(c3ccc(O)cc13)-c1ccc(O)cc1C2=O. The minimum atomic E-state index is -0.130. The van der Waals surface area contributed by atoms with Crippen LogP contribution in [0.3, 0.4) is 0 Å². The van der Waals surface area contributed by atoms with E-state index in [1.165, 1.54) is 6.07 Å². The highest BCUT2D eigenvalue weighted by molar-refractivity contribution is 6.26. The van der Waals surface area contributed by atoms with Crippen LogP contribution in [0.1, 0.15) is 15.9 Å². The third-order valence-corrected chi connectivity index (χ3v) is 4.45. The van der Waals surface area contributed by atoms with Gasteiger partial charge in [0.2, 0.25) is 0 Å². The molecule has 4 rings (SSSR count). The highest BCUT2D eigenvalue weighted by Crippen LogP contribution is 2.46. The molecule has 0 amide bonds. The second kappa shape index (κ2) is 5.79. The number of fused-ring (bicyclic) bond motifs is 5. The van der Waals surface area contributed by atoms with Crippen LogP contribution in [-0.2, 0) is 0 Å². The summed E-state index contributed by atoms with van der Waals surface area (Å²) >= 11 is 0. The minimum absolute atomic E-state index is 0.0624. The summed E-state index contributed by atoms with van der Waals surface area (Å²) in [5.74, 6) is 0.633. The Morgan fingerprint density at radius 1 is 0.920 bits per heavy atom. The minimum Gasteiger partial charge on any atom is -0.508 e. The first-order valence-corrected chi connectivity index (χ1v) is 8.05. The average Bonchev–Trinajstić information content (AvgIpc) is 2.87. The number of benzene rings is 3. The fraction of sp³-hybridized carbons (Fsp3) is 0.150. The van der Waals surface area contributed by atoms with Gasteiger partial charge in [0.1, 0.15) is 23.9 Å². The zero-order chi connectivity index (χ0) is 17.6. The van der Waals surface area contributed by atoms with Gasteiger partial charge in [0, 0.05) is 28.6 Å². The zero-order valence-electron chi connectivity index (χ0n) is 13.7. The molecule has 3 aromatic carbocycles. The smallest absolute Gasteiger partial charge is 0.194 e. The Balaban J connectivity index is 1.98. The zero-order valence-corrected chi connectivity index (χ0v) is 13.7. The summed E-state index contributed by atoms with van der Waals surface area (Å²) in [6.07, 6.45) is 0. The van der Waals surface area contributed by atoms with E-state index in [1.54, 1.807) is 36.4 Å². The predicted octanol–water partition coefficient (Wildman–Crippen LogP) is 3.06. The number of rotatable bonds is 4. The van der Waals surface area contributed by atoms with E-state index in [4.69, 9.17) is 4.74 Å². The van der Waals surface area contributed by atoms with Gasteiger partial charge in [-0.15, -0.1) is 0 Å². The van der Waals surface area contributed by atoms with Crippen LogP contribution in [-0.4, -0.2) is 36.2 Å². The van der Waals surface area contributed by atoms with Crippen molar-refractivity contribution in [2.75, 3.05) is 20.2 Å². The van der Waals surface area contributed by atoms with Gasteiger partial charge in [-0.05, 0) is 60.5 Å². The monoisotopic (exact) mass is 335 g/mol. The molecule has 0 heterocycles. The fourth-order valence-corrected chi connectivity index (χ4v) is 3.32. The Bertz CT molecular complexity index is 1010. The summed E-state index contributed by atoms with van der Waals surface area (Å²) in [6, 6.07) is 11.6. The van der Waals surface area contributed by atoms with Crippen LogP contribution < -0.4 is 10.1 Å². The molecule has 1 aliphatic rings. The number of ketones is 1. The van der Waals surface area contributed by atoms with Crippen molar-refractivity contribution in [1.29, 1.82) is 0 Å². The predicted molar refractivity (Wildman–Crippen MR) is 95.6 cm³/mol. The number of carbonyl (C=O) groups excluding carboxylic acids is 1. The van der Waals surface area contributed by atoms with E-state index in [9.17, 15) is 15.0 Å². The van der Waals surface area contributed by atoms with Crippen LogP contribution in [0, 0.1) is 0 Å². The molecular formula is C20H17NO4. The average molecular weight is 335 g/mol. The van der Waals surface area contributed by atoms with E-state index in [-0.39, 0.29) is 17.3 Å². The van der Waals surface area contributed by atoms with Gasteiger partial charge in [-0.1, -0.05) is 0 Å². The molecule has 3 aromatic rings. The maximum Gasteiger partial charge on any atom is 0.194 e. The summed E-state index contributed by atoms with van der Waals surface area (Å²) in [6.45, 7) is 1.11. The van der Waals surface area contributed by atoms with Crippen molar-refractivity contribution in [2.24, 2.45) is 0 Å². The maximum absolute atomic E-state index is 12.8. The van der Waals surface area contributed by atoms with Crippen LogP contribution >= 0.6 is 0 Å². The summed E-state index contributed by atoms with van der Waals surface area (Å²) in [4.78, 5) is 12.8. The first-order chi connectivity index (χ1) is 12.1. The van der Waals surface area contributed by atoms with Crippen molar-refractivity contribution in [1.82, 2.24) is 5.32 Å². The summed E-state index contributed by atoms with van der Waals surface area (Å²) < 4.78 is 5.84. The largest absolute Gasteiger partial charge is 0.508 e. The van der Waals surface area contributed by atoms with Crippen molar-refractivity contribution in [2.45, 2.75) is 0 Å². The first kappa shape index (κ1) is 15.5. The lowest BCUT2D eigenvalue weighted by Crippen LogP contribution is -2.16. The Morgan fingerprint density at radius 3 is 2.48 bits per heavy atom. The lowest BCUT2D eigenvalue weighted by molar-refractivity contribution is 0.104. The van der Waals surface area contributed by atoms with Gasteiger partial charge >= 0.3 is 0 Å². The van der Waals surface area contributed by atoms with E-state index in [2.05, 4.69) is 5.32 Å². The number of hydrogen-bond donors (Lipinski definition) is 3. The molecule has 0 fully saturated rings. The molecule has 0 radical (unpaired) electrons. The van der Waals surface area contributed by atoms with Crippen molar-refractivity contribution < 1.29 is 19.7 Å². The van der Waals surface area contributed by atoms with Crippen LogP contribution in [0.2, 0.25) is 0 Å². The van der Waals surface area contributed by atoms with E-state index in [1.807, 2.05) is 7.05 Å². The molecule has 0 saturated heterocycles. The van der Waals surface area contributed by atoms with Gasteiger partial charge in [-0.25, -0.2) is 0 Å². The van der Waals surface area contributed by atoms with Gasteiger partial charge in [0.15, 0.2) is 5.78 Å². The van der Waals surface area contributed by atoms with Crippen molar-refractivity contribution in [3.8, 4) is 28.4 Å². The number of likely N-dealkylation sites (N-methyl/N-ethyl adjacent to an activating group) is 1. The maximum atomic E-state index is 12.8. The Labute approximate surface area is 144 Å². The molecule has 126 valence electrons. The second-order valence-electron chi connectivity index (χ2n) is 6.04. The van der Waals surface area contributed by atoms with Crippen LogP contribution in [0.15, 0.2) is 42.5 Å². The molecular weight excluding hydrogens is 318 g/mol. The van der Waals surface area contributed by atoms with Gasteiger partial charge < -0.3 is 20.3 Å². The molecule has 0 saturated carbocycles. The third-order valence-electron chi connectivity index (χ3n) is 4.45. The first-order valence-electron chi connectivity index (χ1n) is 8.05. The second-order valence-corrected chi connectivity index (χ2v) is 6.04. The Morgan fingerprint density at radius 2 is 1.68 bits per heavy atom. The third kappa shape index (κ3) is 2.40. The number of nitrogens with one attached hydrogen (secondary N) is 1. The van der Waals surface area contributed by atoms with E-state index in [0.717, 1.165) is 21.9 Å². The molecule has 3 N–H and O–H groups in total. The van der Waals surface area contributed by atoms with Crippen molar-refractivity contribution in [3.05, 3.63) is 53.6 Å². The normalized spacial score (nSPS) is 12.3. The molecule has 0 bridgehead atoms. The number of carbonyl (C=O) groups is 1. The van der Waals surface area contributed by atoms with Crippen molar-refractivity contribution in [3.63, 3.8) is 0 Å². The van der Waals surface area contributed by atoms with Gasteiger partial charge in [-0.2, -0.15) is 0 Å². The number of phenolic OH excluding ortho intramolecular Hbond substituents is 2. The Kier molecular flexibility index (Phi) is 3.58. The van der Waals surface area contributed by atoms with Crippen LogP contribution in [0.4, 0.5) is 0 Å². The molecule has 0 aliphatic heterocycles. The summed E-state index contributed by atoms with van der Waals surface area (Å²) in [5.41, 5.74) is 2.64. The van der Waals surface area contributed by atoms with E-state index < -0.39 is 0 Å². The highest BCUT2D eigenvalue weighted by Gasteiger charge is 2.30. The number of phenols is 2. The van der Waals surface area contributed by atoms with Crippen LogP contribution in [0.5, 0.6) is 17.2 Å². The molecule has 0 atom stereocenters. The van der Waals surface area contributed by atoms with E-state index in [0.29, 0.717) is 30.0 Å². The number of hydrogen-bond acceptors (Lipinski definition) is 5. The molecule has 1 aliphatic carbocycles. The summed E-state index contributed by atoms with van der Waals surface area (Å²) in [5, 5.41) is 24.2. The number of aromatic hydroxyl groups is 2. The quantitative estimate of drug-likeness (QED) is 0.500. The lowest BCUT2D eigenvalue weighted by Gasteiger charge is -2.13. The van der Waals surface area contributed by atoms with Gasteiger partial charge in [0.25, 0.3) is 0 Å². The molecule has 5 nitrogen and oxygen atoms in total. The number of ether oxygens (including phenoxy) is 1. The lowest BCUT2D eigenvalue weighted by atomic mass is 9.97. The molecule has 25 heavy (non-hydrogen) atoms. The van der Waals surface area contributed by atoms with E-state index >= 15 is 0 Å². The highest BCUT2D eigenvalue weighted by atomic mass is 16.5. The summed E-state index contributed by atoms with van der Waals surface area (Å²) in [7, 11) is 1.84. The Hall–Kier alpha value is -3.05. The van der Waals surface area contributed by atoms with Gasteiger partial charge in [-0.3, -0.25) is 4.79 Å². The van der Waals surface area contributed by atoms with Gasteiger partial charge in [0.05, 0.1) is 0 Å². The molecule has 5 heteroatoms. The standard InChI is InChI=1S/C20H17NO4/c1-21-6-7-25-18-10-17-19(13-4-2-11(22)8-15(13)18)14-5-3-12(23)9-16(14)20(17)24/h2-5,8-10,21-23H,6-7H2,1H3. The molecule has 0 aromatic heterocycles. The fourth-order valence-electron chi connectivity index (χ4n) is 3.32. The topological polar surface area (TPSA) is 78.8 Å². The molecule has 0 spiro atoms. The van der Waals surface area contributed by atoms with Crippen molar-refractivity contribution >= 4 is 16.6 Å². The molecule has 0 unspecified atom stereocenters. The van der Waals surface area contributed by atoms with Crippen LogP contribution in [0.25, 0.3) is 21.9 Å².